The summed E-state index contributed by atoms with van der Waals surface area (Å²) in [5.74, 6) is -2.72. The van der Waals surface area contributed by atoms with Crippen molar-refractivity contribution >= 4 is 29.5 Å². The first-order chi connectivity index (χ1) is 27.1. The van der Waals surface area contributed by atoms with Crippen molar-refractivity contribution in [3.8, 4) is 0 Å². The molecule has 0 saturated carbocycles. The van der Waals surface area contributed by atoms with Gasteiger partial charge in [-0.1, -0.05) is 71.4 Å². The molecule has 10 atom stereocenters. The number of amides is 5. The van der Waals surface area contributed by atoms with E-state index in [9.17, 15) is 29.1 Å². The number of rotatable bonds is 21. The number of nitrogens with one attached hydrogen (secondary N) is 3. The largest absolute Gasteiger partial charge is 0.391 e. The van der Waals surface area contributed by atoms with E-state index in [1.165, 1.54) is 26.2 Å². The fourth-order valence-corrected chi connectivity index (χ4v) is 8.17. The number of carbonyl (C=O) groups is 5. The number of methoxy groups -OCH3 is 2. The average molecular weight is 803 g/mol. The highest BCUT2D eigenvalue weighted by molar-refractivity contribution is 5.91. The predicted octanol–water partition coefficient (Wildman–Crippen LogP) is 2.30. The number of aliphatic hydroxyl groups is 1. The Bertz CT molecular complexity index is 1440. The summed E-state index contributed by atoms with van der Waals surface area (Å²) in [6.07, 6.45) is 1.66. The van der Waals surface area contributed by atoms with Crippen molar-refractivity contribution in [2.45, 2.75) is 135 Å². The van der Waals surface area contributed by atoms with Crippen molar-refractivity contribution in [3.05, 3.63) is 35.9 Å². The number of hydrogen-bond donors (Lipinski definition) is 4. The van der Waals surface area contributed by atoms with Crippen LogP contribution < -0.4 is 16.0 Å². The molecule has 1 aromatic rings. The Hall–Kier alpha value is -3.63. The molecule has 0 bridgehead atoms. The van der Waals surface area contributed by atoms with E-state index >= 15 is 0 Å². The average Bonchev–Trinajstić information content (AvgIpc) is 3.69. The zero-order valence-corrected chi connectivity index (χ0v) is 35.9. The first kappa shape index (κ1) is 47.7. The van der Waals surface area contributed by atoms with Gasteiger partial charge in [0.05, 0.1) is 49.3 Å². The van der Waals surface area contributed by atoms with Crippen LogP contribution >= 0.6 is 0 Å². The molecule has 1 aromatic carbocycles. The Morgan fingerprint density at radius 1 is 0.930 bits per heavy atom. The summed E-state index contributed by atoms with van der Waals surface area (Å²) in [6, 6.07) is 5.95. The first-order valence-corrected chi connectivity index (χ1v) is 20.7. The second kappa shape index (κ2) is 23.1. The number of hydrogen-bond acceptors (Lipinski definition) is 10. The quantitative estimate of drug-likeness (QED) is 0.144. The van der Waals surface area contributed by atoms with E-state index in [2.05, 4.69) is 16.0 Å². The Labute approximate surface area is 339 Å². The van der Waals surface area contributed by atoms with E-state index in [-0.39, 0.29) is 41.9 Å². The summed E-state index contributed by atoms with van der Waals surface area (Å²) in [6.45, 7) is 12.3. The smallest absolute Gasteiger partial charge is 0.269 e. The van der Waals surface area contributed by atoms with Crippen molar-refractivity contribution < 1.29 is 43.4 Å². The molecule has 2 saturated heterocycles. The van der Waals surface area contributed by atoms with Gasteiger partial charge in [-0.3, -0.25) is 28.8 Å². The van der Waals surface area contributed by atoms with E-state index in [4.69, 9.17) is 14.3 Å². The van der Waals surface area contributed by atoms with Gasteiger partial charge in [-0.25, -0.2) is 5.06 Å². The lowest BCUT2D eigenvalue weighted by atomic mass is 9.89. The highest BCUT2D eigenvalue weighted by Gasteiger charge is 2.43. The second-order valence-corrected chi connectivity index (χ2v) is 16.1. The molecule has 3 rings (SSSR count). The maximum Gasteiger partial charge on any atom is 0.269 e. The molecule has 2 heterocycles. The Kier molecular flexibility index (Phi) is 19.3. The minimum Gasteiger partial charge on any atom is -0.391 e. The minimum absolute atomic E-state index is 0.0251. The lowest BCUT2D eigenvalue weighted by molar-refractivity contribution is -0.199. The molecule has 2 fully saturated rings. The van der Waals surface area contributed by atoms with Crippen molar-refractivity contribution in [2.24, 2.45) is 17.8 Å². The molecule has 2 aliphatic heterocycles. The normalized spacial score (nSPS) is 20.7. The van der Waals surface area contributed by atoms with Crippen LogP contribution in [0.5, 0.6) is 0 Å². The van der Waals surface area contributed by atoms with Crippen molar-refractivity contribution in [1.82, 2.24) is 30.8 Å². The minimum atomic E-state index is -0.975. The third-order valence-corrected chi connectivity index (χ3v) is 11.7. The molecular weight excluding hydrogens is 732 g/mol. The van der Waals surface area contributed by atoms with Gasteiger partial charge in [-0.05, 0) is 57.1 Å². The zero-order chi connectivity index (χ0) is 42.4. The second-order valence-electron chi connectivity index (χ2n) is 16.1. The zero-order valence-electron chi connectivity index (χ0n) is 35.9. The Balaban J connectivity index is 1.79. The fraction of sp³-hybridized carbons (Fsp3) is 0.738. The maximum atomic E-state index is 14.3. The number of benzene rings is 1. The molecule has 0 aliphatic carbocycles. The number of carbonyl (C=O) groups excluding carboxylic acids is 5. The monoisotopic (exact) mass is 803 g/mol. The van der Waals surface area contributed by atoms with Crippen LogP contribution in [0.15, 0.2) is 30.3 Å². The number of hydroxylamine groups is 2. The van der Waals surface area contributed by atoms with Crippen LogP contribution in [0.4, 0.5) is 0 Å². The van der Waals surface area contributed by atoms with Gasteiger partial charge < -0.3 is 40.3 Å². The summed E-state index contributed by atoms with van der Waals surface area (Å²) in [7, 11) is 6.31. The number of ether oxygens (including phenoxy) is 2. The summed E-state index contributed by atoms with van der Waals surface area (Å²) in [5, 5.41) is 20.1. The van der Waals surface area contributed by atoms with Crippen LogP contribution in [0.2, 0.25) is 0 Å². The first-order valence-electron chi connectivity index (χ1n) is 20.7. The SMILES string of the molecule is CC[C@H](C)[C@@H]([C@@H](CC(=O)N1CCC[C@H]1[C@H](OC)[C@@H](C)C(=O)N[C@@H](Cc1ccccc1)C(=O)N1CCCCO1)OC)N(C)C(=O)[C@@H](NC(=O)[C@@H](NC)[C@@H](C)O)C(C)C. The van der Waals surface area contributed by atoms with Crippen molar-refractivity contribution in [1.29, 1.82) is 0 Å². The van der Waals surface area contributed by atoms with Gasteiger partial charge >= 0.3 is 0 Å². The molecular formula is C42H70N6O9. The summed E-state index contributed by atoms with van der Waals surface area (Å²) in [5.41, 5.74) is 0.899. The maximum absolute atomic E-state index is 14.3. The number of nitrogens with zero attached hydrogens (tertiary/aromatic N) is 3. The molecule has 0 spiro atoms. The third-order valence-electron chi connectivity index (χ3n) is 11.7. The highest BCUT2D eigenvalue weighted by atomic mass is 16.7. The molecule has 2 aliphatic rings. The van der Waals surface area contributed by atoms with Gasteiger partial charge in [-0.2, -0.15) is 0 Å². The van der Waals surface area contributed by atoms with E-state index in [1.807, 2.05) is 58.0 Å². The van der Waals surface area contributed by atoms with Crippen LogP contribution in [0.3, 0.4) is 0 Å². The summed E-state index contributed by atoms with van der Waals surface area (Å²) < 4.78 is 12.0. The van der Waals surface area contributed by atoms with E-state index in [1.54, 1.807) is 30.8 Å². The van der Waals surface area contributed by atoms with Crippen LogP contribution in [0.25, 0.3) is 0 Å². The van der Waals surface area contributed by atoms with Gasteiger partial charge in [-0.15, -0.1) is 0 Å². The lowest BCUT2D eigenvalue weighted by Crippen LogP contribution is -2.60. The van der Waals surface area contributed by atoms with Gasteiger partial charge in [0.1, 0.15) is 18.1 Å². The molecule has 0 aromatic heterocycles. The van der Waals surface area contributed by atoms with Crippen molar-refractivity contribution in [3.63, 3.8) is 0 Å². The predicted molar refractivity (Wildman–Crippen MR) is 216 cm³/mol. The molecule has 5 amide bonds. The van der Waals surface area contributed by atoms with Crippen LogP contribution in [-0.4, -0.2) is 146 Å². The van der Waals surface area contributed by atoms with E-state index in [0.29, 0.717) is 45.4 Å². The Morgan fingerprint density at radius 2 is 1.61 bits per heavy atom. The van der Waals surface area contributed by atoms with Gasteiger partial charge in [0, 0.05) is 40.8 Å². The fourth-order valence-electron chi connectivity index (χ4n) is 8.17. The van der Waals surface area contributed by atoms with E-state index in [0.717, 1.165) is 18.4 Å². The third kappa shape index (κ3) is 12.7. The number of aliphatic hydroxyl groups excluding tert-OH is 1. The van der Waals surface area contributed by atoms with Crippen LogP contribution in [0.1, 0.15) is 85.6 Å². The van der Waals surface area contributed by atoms with Gasteiger partial charge in [0.15, 0.2) is 0 Å². The molecule has 322 valence electrons. The molecule has 4 N–H and O–H groups in total. The summed E-state index contributed by atoms with van der Waals surface area (Å²) >= 11 is 0. The molecule has 15 heteroatoms. The van der Waals surface area contributed by atoms with Gasteiger partial charge in [0.2, 0.25) is 23.6 Å². The standard InChI is InChI=1S/C42H70N6O9/c1-11-27(4)37(46(8)42(54)35(26(2)3)45-40(52)36(43-7)29(6)49)33(55-9)25-34(50)47-21-17-20-32(47)38(56-10)28(5)39(51)44-31(24-30-18-13-12-14-19-30)41(53)48-22-15-16-23-57-48/h12-14,18-19,26-29,31-33,35-38,43,49H,11,15-17,20-25H2,1-10H3,(H,44,51)(H,45,52)/t27-,28+,29+,31-,32-,33+,35-,36-,37-,38+/m0/s1. The summed E-state index contributed by atoms with van der Waals surface area (Å²) in [4.78, 5) is 78.2. The topological polar surface area (TPSA) is 179 Å². The van der Waals surface area contributed by atoms with Crippen LogP contribution in [-0.2, 0) is 44.7 Å². The lowest BCUT2D eigenvalue weighted by Gasteiger charge is -2.41. The van der Waals surface area contributed by atoms with E-state index < -0.39 is 60.3 Å². The number of likely N-dealkylation sites (tertiary alicyclic amines) is 1. The molecule has 57 heavy (non-hydrogen) atoms. The van der Waals surface area contributed by atoms with Gasteiger partial charge in [0.25, 0.3) is 5.91 Å². The molecule has 15 nitrogen and oxygen atoms in total. The number of likely N-dealkylation sites (N-methyl/N-ethyl adjacent to an activating group) is 2. The molecule has 0 unspecified atom stereocenters. The van der Waals surface area contributed by atoms with Crippen molar-refractivity contribution in [2.75, 3.05) is 48.0 Å². The Morgan fingerprint density at radius 3 is 2.16 bits per heavy atom. The van der Waals surface area contributed by atoms with Crippen LogP contribution in [0, 0.1) is 17.8 Å². The highest BCUT2D eigenvalue weighted by Crippen LogP contribution is 2.30. The molecule has 0 radical (unpaired) electrons.